The van der Waals surface area contributed by atoms with Crippen molar-refractivity contribution in [1.82, 2.24) is 15.6 Å². The van der Waals surface area contributed by atoms with Crippen molar-refractivity contribution in [1.29, 1.82) is 0 Å². The number of alkyl halides is 3. The summed E-state index contributed by atoms with van der Waals surface area (Å²) in [6, 6.07) is 10.5. The molecule has 8 nitrogen and oxygen atoms in total. The topological polar surface area (TPSA) is 102 Å². The van der Waals surface area contributed by atoms with Gasteiger partial charge in [-0.15, -0.1) is 0 Å². The minimum atomic E-state index is -4.64. The first-order valence-electron chi connectivity index (χ1n) is 10.7. The summed E-state index contributed by atoms with van der Waals surface area (Å²) in [5, 5.41) is 7.17. The van der Waals surface area contributed by atoms with Crippen molar-refractivity contribution < 1.29 is 32.2 Å². The van der Waals surface area contributed by atoms with E-state index in [2.05, 4.69) is 20.9 Å². The number of hydrogen-bond acceptors (Lipinski definition) is 5. The third-order valence-electron chi connectivity index (χ3n) is 5.81. The molecule has 3 atom stereocenters. The summed E-state index contributed by atoms with van der Waals surface area (Å²) in [4.78, 5) is 28.2. The standard InChI is InChI=1S/C24H18ClF3N4O4/c1-29-22(33)17-10-13(6-7-30-17)35-12-3-5-18-14(9-12)19-20(21(19)36-18)32-23(34)31-11-2-4-16(25)15(8-11)24(26,27)28/h2-10,19-21H,1H3,(H,29,33)(H2,31,32,34). The van der Waals surface area contributed by atoms with E-state index in [1.54, 1.807) is 24.3 Å². The summed E-state index contributed by atoms with van der Waals surface area (Å²) in [5.41, 5.74) is -0.0403. The van der Waals surface area contributed by atoms with E-state index < -0.39 is 22.8 Å². The molecule has 1 aromatic heterocycles. The monoisotopic (exact) mass is 518 g/mol. The summed E-state index contributed by atoms with van der Waals surface area (Å²) in [7, 11) is 1.50. The van der Waals surface area contributed by atoms with Crippen LogP contribution in [0, 0.1) is 0 Å². The number of nitrogens with zero attached hydrogens (tertiary/aromatic N) is 1. The van der Waals surface area contributed by atoms with Crippen LogP contribution in [0.5, 0.6) is 17.2 Å². The van der Waals surface area contributed by atoms with Crippen molar-refractivity contribution in [2.45, 2.75) is 24.2 Å². The van der Waals surface area contributed by atoms with Crippen LogP contribution in [0.15, 0.2) is 54.7 Å². The molecule has 0 radical (unpaired) electrons. The first-order valence-corrected chi connectivity index (χ1v) is 11.1. The van der Waals surface area contributed by atoms with Crippen LogP contribution >= 0.6 is 11.6 Å². The van der Waals surface area contributed by atoms with Gasteiger partial charge in [0.15, 0.2) is 0 Å². The molecular weight excluding hydrogens is 501 g/mol. The van der Waals surface area contributed by atoms with Crippen molar-refractivity contribution in [3.63, 3.8) is 0 Å². The van der Waals surface area contributed by atoms with Crippen LogP contribution in [0.2, 0.25) is 5.02 Å². The number of fused-ring (bicyclic) bond motifs is 3. The first kappa shape index (κ1) is 23.7. The number of hydrogen-bond donors (Lipinski definition) is 3. The Morgan fingerprint density at radius 2 is 1.86 bits per heavy atom. The molecule has 1 fully saturated rings. The normalized spacial score (nSPS) is 19.4. The third-order valence-corrected chi connectivity index (χ3v) is 6.14. The van der Waals surface area contributed by atoms with Crippen LogP contribution in [0.25, 0.3) is 0 Å². The van der Waals surface area contributed by atoms with Crippen LogP contribution in [0.1, 0.15) is 27.5 Å². The lowest BCUT2D eigenvalue weighted by molar-refractivity contribution is -0.137. The van der Waals surface area contributed by atoms with E-state index in [-0.39, 0.29) is 35.4 Å². The van der Waals surface area contributed by atoms with E-state index in [0.29, 0.717) is 17.2 Å². The zero-order valence-corrected chi connectivity index (χ0v) is 19.3. The zero-order chi connectivity index (χ0) is 25.6. The Balaban J connectivity index is 1.24. The number of carbonyl (C=O) groups is 2. The lowest BCUT2D eigenvalue weighted by Crippen LogP contribution is -2.34. The van der Waals surface area contributed by atoms with Gasteiger partial charge in [-0.3, -0.25) is 9.78 Å². The van der Waals surface area contributed by atoms with Gasteiger partial charge < -0.3 is 25.4 Å². The fraction of sp³-hybridized carbons (Fsp3) is 0.208. The average Bonchev–Trinajstić information content (AvgIpc) is 3.35. The van der Waals surface area contributed by atoms with Gasteiger partial charge in [0.1, 0.15) is 29.0 Å². The number of urea groups is 1. The summed E-state index contributed by atoms with van der Waals surface area (Å²) < 4.78 is 50.9. The number of ether oxygens (including phenoxy) is 2. The summed E-state index contributed by atoms with van der Waals surface area (Å²) in [6.07, 6.45) is -3.47. The van der Waals surface area contributed by atoms with Crippen molar-refractivity contribution in [2.24, 2.45) is 0 Å². The fourth-order valence-corrected chi connectivity index (χ4v) is 4.30. The second-order valence-electron chi connectivity index (χ2n) is 8.18. The fourth-order valence-electron chi connectivity index (χ4n) is 4.08. The van der Waals surface area contributed by atoms with Gasteiger partial charge in [0.25, 0.3) is 5.91 Å². The van der Waals surface area contributed by atoms with Crippen molar-refractivity contribution in [2.75, 3.05) is 12.4 Å². The van der Waals surface area contributed by atoms with E-state index >= 15 is 0 Å². The maximum Gasteiger partial charge on any atom is 0.417 e. The molecule has 3 N–H and O–H groups in total. The number of amides is 3. The Labute approximate surface area is 207 Å². The molecule has 5 rings (SSSR count). The largest absolute Gasteiger partial charge is 0.487 e. The Bertz CT molecular complexity index is 1370. The number of aromatic nitrogens is 1. The van der Waals surface area contributed by atoms with Crippen LogP contribution in [0.3, 0.4) is 0 Å². The highest BCUT2D eigenvalue weighted by atomic mass is 35.5. The molecule has 0 saturated heterocycles. The molecular formula is C24H18ClF3N4O4. The zero-order valence-electron chi connectivity index (χ0n) is 18.5. The number of anilines is 1. The maximum atomic E-state index is 13.1. The van der Waals surface area contributed by atoms with Crippen LogP contribution in [0.4, 0.5) is 23.7 Å². The van der Waals surface area contributed by atoms with Gasteiger partial charge >= 0.3 is 12.2 Å². The minimum Gasteiger partial charge on any atom is -0.487 e. The summed E-state index contributed by atoms with van der Waals surface area (Å²) in [6.45, 7) is 0. The lowest BCUT2D eigenvalue weighted by Gasteiger charge is -2.14. The number of nitrogens with one attached hydrogen (secondary N) is 3. The molecule has 2 heterocycles. The quantitative estimate of drug-likeness (QED) is 0.443. The van der Waals surface area contributed by atoms with Crippen LogP contribution < -0.4 is 25.4 Å². The highest BCUT2D eigenvalue weighted by molar-refractivity contribution is 6.31. The Hall–Kier alpha value is -3.99. The molecule has 3 amide bonds. The molecule has 2 aromatic carbocycles. The molecule has 0 spiro atoms. The molecule has 36 heavy (non-hydrogen) atoms. The molecule has 0 bridgehead atoms. The van der Waals surface area contributed by atoms with Crippen molar-refractivity contribution in [3.8, 4) is 17.2 Å². The van der Waals surface area contributed by atoms with E-state index in [1.807, 2.05) is 0 Å². The van der Waals surface area contributed by atoms with E-state index in [1.165, 1.54) is 25.4 Å². The SMILES string of the molecule is CNC(=O)c1cc(Oc2ccc3c(c2)C2C(NC(=O)Nc4ccc(Cl)c(C(F)(F)F)c4)C2O3)ccn1. The predicted octanol–water partition coefficient (Wildman–Crippen LogP) is 4.95. The number of benzene rings is 2. The average molecular weight is 519 g/mol. The second-order valence-corrected chi connectivity index (χ2v) is 8.59. The second kappa shape index (κ2) is 8.90. The Morgan fingerprint density at radius 1 is 1.08 bits per heavy atom. The highest BCUT2D eigenvalue weighted by Gasteiger charge is 2.59. The molecule has 3 unspecified atom stereocenters. The maximum absolute atomic E-state index is 13.1. The molecule has 2 aliphatic rings. The Kier molecular flexibility index (Phi) is 5.87. The number of halogens is 4. The predicted molar refractivity (Wildman–Crippen MR) is 124 cm³/mol. The van der Waals surface area contributed by atoms with Gasteiger partial charge in [0.2, 0.25) is 0 Å². The minimum absolute atomic E-state index is 0.0412. The van der Waals surface area contributed by atoms with Gasteiger partial charge in [0.05, 0.1) is 22.5 Å². The molecule has 3 aromatic rings. The van der Waals surface area contributed by atoms with Crippen LogP contribution in [-0.4, -0.2) is 36.1 Å². The Morgan fingerprint density at radius 3 is 2.61 bits per heavy atom. The van der Waals surface area contributed by atoms with Crippen LogP contribution in [-0.2, 0) is 6.18 Å². The van der Waals surface area contributed by atoms with Gasteiger partial charge in [-0.1, -0.05) is 11.6 Å². The number of rotatable bonds is 5. The molecule has 12 heteroatoms. The van der Waals surface area contributed by atoms with Crippen molar-refractivity contribution >= 4 is 29.2 Å². The van der Waals surface area contributed by atoms with Crippen molar-refractivity contribution in [3.05, 3.63) is 76.6 Å². The number of carbonyl (C=O) groups excluding carboxylic acids is 2. The molecule has 1 aliphatic carbocycles. The third kappa shape index (κ3) is 4.61. The van der Waals surface area contributed by atoms with E-state index in [9.17, 15) is 22.8 Å². The summed E-state index contributed by atoms with van der Waals surface area (Å²) >= 11 is 5.62. The number of pyridine rings is 1. The van der Waals surface area contributed by atoms with E-state index in [0.717, 1.165) is 17.7 Å². The smallest absolute Gasteiger partial charge is 0.417 e. The first-order chi connectivity index (χ1) is 17.1. The molecule has 186 valence electrons. The van der Waals surface area contributed by atoms with E-state index in [4.69, 9.17) is 21.1 Å². The lowest BCUT2D eigenvalue weighted by atomic mass is 10.1. The van der Waals surface area contributed by atoms with Gasteiger partial charge in [-0.2, -0.15) is 13.2 Å². The van der Waals surface area contributed by atoms with Gasteiger partial charge in [0, 0.05) is 30.6 Å². The summed E-state index contributed by atoms with van der Waals surface area (Å²) in [5.74, 6) is 1.10. The molecule has 1 saturated carbocycles. The molecule has 1 aliphatic heterocycles. The van der Waals surface area contributed by atoms with Gasteiger partial charge in [-0.05, 0) is 42.5 Å². The highest BCUT2D eigenvalue weighted by Crippen LogP contribution is 2.54. The van der Waals surface area contributed by atoms with Gasteiger partial charge in [-0.25, -0.2) is 4.79 Å².